The summed E-state index contributed by atoms with van der Waals surface area (Å²) in [6.07, 6.45) is 5.12. The standard InChI is InChI=1S/C11H18N2S/c1-4-5-6-7-10(12)11-8(2)13-9(3)14-11/h4,10H,1,5-7,12H2,2-3H3. The van der Waals surface area contributed by atoms with Crippen LogP contribution in [0.3, 0.4) is 0 Å². The minimum atomic E-state index is 0.154. The molecule has 0 aliphatic carbocycles. The number of allylic oxidation sites excluding steroid dienone is 1. The van der Waals surface area contributed by atoms with Crippen molar-refractivity contribution >= 4 is 11.3 Å². The van der Waals surface area contributed by atoms with E-state index in [1.165, 1.54) is 4.88 Å². The number of hydrogen-bond acceptors (Lipinski definition) is 3. The van der Waals surface area contributed by atoms with E-state index in [4.69, 9.17) is 5.73 Å². The maximum Gasteiger partial charge on any atom is 0.0900 e. The van der Waals surface area contributed by atoms with Crippen LogP contribution in [-0.4, -0.2) is 4.98 Å². The molecule has 1 aromatic rings. The molecule has 0 fully saturated rings. The van der Waals surface area contributed by atoms with Crippen LogP contribution >= 0.6 is 11.3 Å². The minimum absolute atomic E-state index is 0.154. The second-order valence-corrected chi connectivity index (χ2v) is 4.74. The molecular weight excluding hydrogens is 192 g/mol. The Kier molecular flexibility index (Phi) is 4.29. The van der Waals surface area contributed by atoms with Crippen molar-refractivity contribution in [3.8, 4) is 0 Å². The van der Waals surface area contributed by atoms with E-state index in [0.717, 1.165) is 30.0 Å². The van der Waals surface area contributed by atoms with Gasteiger partial charge in [0.15, 0.2) is 0 Å². The zero-order valence-corrected chi connectivity index (χ0v) is 9.73. The molecule has 0 aliphatic heterocycles. The Hall–Kier alpha value is -0.670. The molecule has 0 spiro atoms. The smallest absolute Gasteiger partial charge is 0.0900 e. The molecule has 0 aliphatic rings. The van der Waals surface area contributed by atoms with Crippen molar-refractivity contribution in [2.45, 2.75) is 39.2 Å². The Morgan fingerprint density at radius 1 is 1.57 bits per heavy atom. The Bertz CT molecular complexity index is 304. The third-order valence-corrected chi connectivity index (χ3v) is 3.40. The van der Waals surface area contributed by atoms with Gasteiger partial charge in [-0.3, -0.25) is 0 Å². The highest BCUT2D eigenvalue weighted by atomic mass is 32.1. The van der Waals surface area contributed by atoms with Crippen LogP contribution in [0.1, 0.15) is 40.9 Å². The van der Waals surface area contributed by atoms with Crippen molar-refractivity contribution in [2.24, 2.45) is 5.73 Å². The van der Waals surface area contributed by atoms with Gasteiger partial charge in [-0.25, -0.2) is 4.98 Å². The molecule has 1 unspecified atom stereocenters. The molecule has 0 bridgehead atoms. The number of thiazole rings is 1. The van der Waals surface area contributed by atoms with Crippen LogP contribution in [0.25, 0.3) is 0 Å². The van der Waals surface area contributed by atoms with E-state index in [2.05, 4.69) is 11.6 Å². The monoisotopic (exact) mass is 210 g/mol. The summed E-state index contributed by atoms with van der Waals surface area (Å²) >= 11 is 1.72. The Morgan fingerprint density at radius 2 is 2.29 bits per heavy atom. The van der Waals surface area contributed by atoms with E-state index < -0.39 is 0 Å². The average molecular weight is 210 g/mol. The molecule has 78 valence electrons. The molecule has 0 radical (unpaired) electrons. The molecule has 1 rings (SSSR count). The zero-order valence-electron chi connectivity index (χ0n) is 8.92. The van der Waals surface area contributed by atoms with Gasteiger partial charge in [0.2, 0.25) is 0 Å². The molecule has 14 heavy (non-hydrogen) atoms. The Morgan fingerprint density at radius 3 is 2.79 bits per heavy atom. The summed E-state index contributed by atoms with van der Waals surface area (Å²) in [5.41, 5.74) is 7.18. The lowest BCUT2D eigenvalue weighted by molar-refractivity contribution is 0.622. The van der Waals surface area contributed by atoms with Gasteiger partial charge in [0.25, 0.3) is 0 Å². The summed E-state index contributed by atoms with van der Waals surface area (Å²) in [6, 6.07) is 0.154. The zero-order chi connectivity index (χ0) is 10.6. The molecular formula is C11H18N2S. The van der Waals surface area contributed by atoms with Gasteiger partial charge in [0, 0.05) is 10.9 Å². The Labute approximate surface area is 89.9 Å². The number of nitrogens with zero attached hydrogens (tertiary/aromatic N) is 1. The normalized spacial score (nSPS) is 12.8. The predicted octanol–water partition coefficient (Wildman–Crippen LogP) is 3.12. The lowest BCUT2D eigenvalue weighted by atomic mass is 10.1. The van der Waals surface area contributed by atoms with Gasteiger partial charge in [-0.1, -0.05) is 6.08 Å². The molecule has 0 amide bonds. The molecule has 2 nitrogen and oxygen atoms in total. The lowest BCUT2D eigenvalue weighted by Crippen LogP contribution is -2.09. The maximum absolute atomic E-state index is 6.09. The summed E-state index contributed by atoms with van der Waals surface area (Å²) in [7, 11) is 0. The molecule has 0 aromatic carbocycles. The predicted molar refractivity (Wildman–Crippen MR) is 62.6 cm³/mol. The minimum Gasteiger partial charge on any atom is -0.323 e. The van der Waals surface area contributed by atoms with Gasteiger partial charge in [-0.2, -0.15) is 0 Å². The molecule has 1 atom stereocenters. The summed E-state index contributed by atoms with van der Waals surface area (Å²) in [4.78, 5) is 5.62. The van der Waals surface area contributed by atoms with Crippen molar-refractivity contribution in [1.29, 1.82) is 0 Å². The maximum atomic E-state index is 6.09. The number of rotatable bonds is 5. The van der Waals surface area contributed by atoms with Crippen LogP contribution in [-0.2, 0) is 0 Å². The van der Waals surface area contributed by atoms with Crippen LogP contribution in [0.5, 0.6) is 0 Å². The first-order valence-electron chi connectivity index (χ1n) is 4.95. The van der Waals surface area contributed by atoms with E-state index in [1.54, 1.807) is 11.3 Å². The number of hydrogen-bond donors (Lipinski definition) is 1. The van der Waals surface area contributed by atoms with Gasteiger partial charge in [-0.15, -0.1) is 17.9 Å². The molecule has 1 aromatic heterocycles. The number of aromatic nitrogens is 1. The van der Waals surface area contributed by atoms with Crippen molar-refractivity contribution < 1.29 is 0 Å². The van der Waals surface area contributed by atoms with Gasteiger partial charge < -0.3 is 5.73 Å². The molecule has 0 saturated heterocycles. The highest BCUT2D eigenvalue weighted by Crippen LogP contribution is 2.26. The first-order chi connectivity index (χ1) is 6.65. The number of aryl methyl sites for hydroxylation is 2. The highest BCUT2D eigenvalue weighted by molar-refractivity contribution is 7.11. The van der Waals surface area contributed by atoms with E-state index in [9.17, 15) is 0 Å². The third-order valence-electron chi connectivity index (χ3n) is 2.20. The van der Waals surface area contributed by atoms with Crippen molar-refractivity contribution in [1.82, 2.24) is 4.98 Å². The summed E-state index contributed by atoms with van der Waals surface area (Å²) in [6.45, 7) is 7.76. The fourth-order valence-electron chi connectivity index (χ4n) is 1.50. The number of nitrogens with two attached hydrogens (primary N) is 1. The summed E-state index contributed by atoms with van der Waals surface area (Å²) in [5, 5.41) is 1.11. The van der Waals surface area contributed by atoms with Crippen LogP contribution in [0.2, 0.25) is 0 Å². The fraction of sp³-hybridized carbons (Fsp3) is 0.545. The third kappa shape index (κ3) is 2.93. The second-order valence-electron chi connectivity index (χ2n) is 3.51. The van der Waals surface area contributed by atoms with E-state index >= 15 is 0 Å². The van der Waals surface area contributed by atoms with E-state index in [0.29, 0.717) is 0 Å². The van der Waals surface area contributed by atoms with Gasteiger partial charge in [0.05, 0.1) is 10.7 Å². The lowest BCUT2D eigenvalue weighted by Gasteiger charge is -2.08. The van der Waals surface area contributed by atoms with E-state index in [1.807, 2.05) is 19.9 Å². The SMILES string of the molecule is C=CCCCC(N)c1sc(C)nc1C. The van der Waals surface area contributed by atoms with Crippen molar-refractivity contribution in [3.63, 3.8) is 0 Å². The van der Waals surface area contributed by atoms with Crippen molar-refractivity contribution in [2.75, 3.05) is 0 Å². The largest absolute Gasteiger partial charge is 0.323 e. The first-order valence-corrected chi connectivity index (χ1v) is 5.77. The van der Waals surface area contributed by atoms with Crippen molar-refractivity contribution in [3.05, 3.63) is 28.2 Å². The van der Waals surface area contributed by atoms with Gasteiger partial charge in [-0.05, 0) is 33.1 Å². The molecule has 1 heterocycles. The average Bonchev–Trinajstić information content (AvgIpc) is 2.45. The molecule has 3 heteroatoms. The topological polar surface area (TPSA) is 38.9 Å². The number of unbranched alkanes of at least 4 members (excludes halogenated alkanes) is 1. The van der Waals surface area contributed by atoms with Crippen LogP contribution in [0.4, 0.5) is 0 Å². The summed E-state index contributed by atoms with van der Waals surface area (Å²) < 4.78 is 0. The van der Waals surface area contributed by atoms with Crippen LogP contribution in [0.15, 0.2) is 12.7 Å². The van der Waals surface area contributed by atoms with Crippen LogP contribution < -0.4 is 5.73 Å². The fourth-order valence-corrected chi connectivity index (χ4v) is 2.47. The second kappa shape index (κ2) is 5.27. The molecule has 0 saturated carbocycles. The molecule has 2 N–H and O–H groups in total. The van der Waals surface area contributed by atoms with Crippen LogP contribution in [0, 0.1) is 13.8 Å². The first kappa shape index (κ1) is 11.4. The summed E-state index contributed by atoms with van der Waals surface area (Å²) in [5.74, 6) is 0. The van der Waals surface area contributed by atoms with Gasteiger partial charge in [0.1, 0.15) is 0 Å². The quantitative estimate of drug-likeness (QED) is 0.599. The Balaban J connectivity index is 2.55. The van der Waals surface area contributed by atoms with Gasteiger partial charge >= 0.3 is 0 Å². The highest BCUT2D eigenvalue weighted by Gasteiger charge is 2.12. The van der Waals surface area contributed by atoms with E-state index in [-0.39, 0.29) is 6.04 Å².